The van der Waals surface area contributed by atoms with Gasteiger partial charge in [0.15, 0.2) is 5.82 Å². The Bertz CT molecular complexity index is 1210. The van der Waals surface area contributed by atoms with Crippen molar-refractivity contribution in [3.8, 4) is 5.75 Å². The average molecular weight is 521 g/mol. The third kappa shape index (κ3) is 6.55. The third-order valence-electron chi connectivity index (χ3n) is 4.86. The summed E-state index contributed by atoms with van der Waals surface area (Å²) in [6.45, 7) is 4.72. The molecular formula is C26H25BrN4OS. The molecule has 0 bridgehead atoms. The SMILES string of the molecule is CC(C)c1nnc(SCc2ccc(Br)cc2)n1/N=C\c1cccc(OCc2ccccc2)c1. The standard InChI is InChI=1S/C26H25BrN4OS/c1-19(2)25-29-30-26(33-18-21-11-13-23(27)14-12-21)31(25)28-16-22-9-6-10-24(15-22)32-17-20-7-4-3-5-8-20/h3-16,19H,17-18H2,1-2H3/b28-16-. The summed E-state index contributed by atoms with van der Waals surface area (Å²) in [5, 5.41) is 14.3. The molecule has 4 aromatic rings. The first-order valence-corrected chi connectivity index (χ1v) is 12.5. The van der Waals surface area contributed by atoms with Crippen molar-refractivity contribution in [1.29, 1.82) is 0 Å². The van der Waals surface area contributed by atoms with Gasteiger partial charge in [0.1, 0.15) is 12.4 Å². The Morgan fingerprint density at radius 2 is 1.76 bits per heavy atom. The van der Waals surface area contributed by atoms with Gasteiger partial charge >= 0.3 is 0 Å². The number of hydrogen-bond acceptors (Lipinski definition) is 5. The molecule has 0 unspecified atom stereocenters. The van der Waals surface area contributed by atoms with Gasteiger partial charge in [-0.3, -0.25) is 0 Å². The maximum atomic E-state index is 5.95. The average Bonchev–Trinajstić information content (AvgIpc) is 3.25. The molecule has 0 spiro atoms. The molecule has 0 fully saturated rings. The van der Waals surface area contributed by atoms with Crippen LogP contribution in [-0.2, 0) is 12.4 Å². The first-order valence-electron chi connectivity index (χ1n) is 10.7. The van der Waals surface area contributed by atoms with Crippen LogP contribution < -0.4 is 4.74 Å². The van der Waals surface area contributed by atoms with Crippen LogP contribution in [0.15, 0.2) is 93.6 Å². The second-order valence-corrected chi connectivity index (χ2v) is 9.67. The molecule has 0 amide bonds. The second-order valence-electron chi connectivity index (χ2n) is 7.81. The summed E-state index contributed by atoms with van der Waals surface area (Å²) in [7, 11) is 0. The third-order valence-corrected chi connectivity index (χ3v) is 6.38. The van der Waals surface area contributed by atoms with Crippen LogP contribution in [0.4, 0.5) is 0 Å². The minimum atomic E-state index is 0.206. The summed E-state index contributed by atoms with van der Waals surface area (Å²) in [4.78, 5) is 0. The molecule has 0 aliphatic heterocycles. The number of hydrogen-bond donors (Lipinski definition) is 0. The highest BCUT2D eigenvalue weighted by Gasteiger charge is 2.15. The fourth-order valence-corrected chi connectivity index (χ4v) is 4.23. The van der Waals surface area contributed by atoms with Gasteiger partial charge in [0.25, 0.3) is 0 Å². The number of ether oxygens (including phenoxy) is 1. The molecule has 4 rings (SSSR count). The number of halogens is 1. The Kier molecular flexibility index (Phi) is 7.96. The highest BCUT2D eigenvalue weighted by molar-refractivity contribution is 9.10. The number of thioether (sulfide) groups is 1. The van der Waals surface area contributed by atoms with E-state index in [1.807, 2.05) is 65.5 Å². The molecule has 3 aromatic carbocycles. The first kappa shape index (κ1) is 23.3. The normalized spacial score (nSPS) is 11.4. The molecular weight excluding hydrogens is 496 g/mol. The molecule has 1 heterocycles. The summed E-state index contributed by atoms with van der Waals surface area (Å²) in [5.74, 6) is 2.64. The summed E-state index contributed by atoms with van der Waals surface area (Å²) in [5.41, 5.74) is 3.30. The smallest absolute Gasteiger partial charge is 0.212 e. The predicted molar refractivity (Wildman–Crippen MR) is 138 cm³/mol. The highest BCUT2D eigenvalue weighted by Crippen LogP contribution is 2.25. The van der Waals surface area contributed by atoms with Gasteiger partial charge in [0.05, 0.1) is 6.21 Å². The molecule has 1 aromatic heterocycles. The monoisotopic (exact) mass is 520 g/mol. The molecule has 168 valence electrons. The quantitative estimate of drug-likeness (QED) is 0.177. The molecule has 0 aliphatic rings. The number of nitrogens with zero attached hydrogens (tertiary/aromatic N) is 4. The summed E-state index contributed by atoms with van der Waals surface area (Å²) >= 11 is 5.10. The Hall–Kier alpha value is -2.90. The van der Waals surface area contributed by atoms with Crippen molar-refractivity contribution in [3.05, 3.63) is 106 Å². The molecule has 5 nitrogen and oxygen atoms in total. The zero-order chi connectivity index (χ0) is 23.0. The van der Waals surface area contributed by atoms with E-state index in [2.05, 4.69) is 64.2 Å². The van der Waals surface area contributed by atoms with Crippen LogP contribution in [0.2, 0.25) is 0 Å². The van der Waals surface area contributed by atoms with Crippen LogP contribution in [0.25, 0.3) is 0 Å². The maximum Gasteiger partial charge on any atom is 0.212 e. The summed E-state index contributed by atoms with van der Waals surface area (Å²) in [6.07, 6.45) is 1.83. The lowest BCUT2D eigenvalue weighted by atomic mass is 10.2. The fourth-order valence-electron chi connectivity index (χ4n) is 3.11. The van der Waals surface area contributed by atoms with E-state index >= 15 is 0 Å². The van der Waals surface area contributed by atoms with Crippen molar-refractivity contribution in [3.63, 3.8) is 0 Å². The zero-order valence-corrected chi connectivity index (χ0v) is 21.0. The van der Waals surface area contributed by atoms with Crippen molar-refractivity contribution >= 4 is 33.9 Å². The van der Waals surface area contributed by atoms with Gasteiger partial charge in [0, 0.05) is 16.1 Å². The van der Waals surface area contributed by atoms with Crippen molar-refractivity contribution in [2.24, 2.45) is 5.10 Å². The molecule has 0 radical (unpaired) electrons. The molecule has 33 heavy (non-hydrogen) atoms. The van der Waals surface area contributed by atoms with Crippen LogP contribution in [-0.4, -0.2) is 21.1 Å². The summed E-state index contributed by atoms with van der Waals surface area (Å²) in [6, 6.07) is 26.4. The lowest BCUT2D eigenvalue weighted by Gasteiger charge is -2.08. The van der Waals surface area contributed by atoms with Gasteiger partial charge in [-0.25, -0.2) is 0 Å². The maximum absolute atomic E-state index is 5.95. The zero-order valence-electron chi connectivity index (χ0n) is 18.6. The molecule has 0 aliphatic carbocycles. The number of aromatic nitrogens is 3. The van der Waals surface area contributed by atoms with Crippen LogP contribution in [0, 0.1) is 0 Å². The molecule has 0 saturated heterocycles. The van der Waals surface area contributed by atoms with Gasteiger partial charge < -0.3 is 4.74 Å². The van der Waals surface area contributed by atoms with E-state index in [4.69, 9.17) is 9.84 Å². The van der Waals surface area contributed by atoms with E-state index in [0.29, 0.717) is 6.61 Å². The minimum Gasteiger partial charge on any atom is -0.489 e. The van der Waals surface area contributed by atoms with Crippen molar-refractivity contribution < 1.29 is 4.74 Å². The fraction of sp³-hybridized carbons (Fsp3) is 0.192. The topological polar surface area (TPSA) is 52.3 Å². The van der Waals surface area contributed by atoms with Crippen LogP contribution >= 0.6 is 27.7 Å². The van der Waals surface area contributed by atoms with Crippen LogP contribution in [0.1, 0.15) is 42.3 Å². The predicted octanol–water partition coefficient (Wildman–Crippen LogP) is 6.92. The van der Waals surface area contributed by atoms with Crippen LogP contribution in [0.5, 0.6) is 5.75 Å². The summed E-state index contributed by atoms with van der Waals surface area (Å²) < 4.78 is 8.86. The van der Waals surface area contributed by atoms with E-state index in [9.17, 15) is 0 Å². The first-order chi connectivity index (χ1) is 16.1. The Labute approximate surface area is 207 Å². The van der Waals surface area contributed by atoms with E-state index in [1.165, 1.54) is 5.56 Å². The van der Waals surface area contributed by atoms with E-state index < -0.39 is 0 Å². The van der Waals surface area contributed by atoms with Gasteiger partial charge in [-0.05, 0) is 41.0 Å². The second kappa shape index (κ2) is 11.3. The molecule has 7 heteroatoms. The van der Waals surface area contributed by atoms with E-state index in [1.54, 1.807) is 11.8 Å². The Morgan fingerprint density at radius 1 is 0.970 bits per heavy atom. The lowest BCUT2D eigenvalue weighted by Crippen LogP contribution is -2.02. The van der Waals surface area contributed by atoms with Crippen molar-refractivity contribution in [1.82, 2.24) is 14.9 Å². The largest absolute Gasteiger partial charge is 0.489 e. The molecule has 0 N–H and O–H groups in total. The number of rotatable bonds is 9. The molecule has 0 saturated carbocycles. The van der Waals surface area contributed by atoms with Gasteiger partial charge in [0.2, 0.25) is 5.16 Å². The minimum absolute atomic E-state index is 0.206. The Balaban J connectivity index is 1.48. The van der Waals surface area contributed by atoms with Gasteiger partial charge in [-0.1, -0.05) is 96.1 Å². The Morgan fingerprint density at radius 3 is 2.52 bits per heavy atom. The number of benzene rings is 3. The van der Waals surface area contributed by atoms with Crippen molar-refractivity contribution in [2.75, 3.05) is 0 Å². The van der Waals surface area contributed by atoms with E-state index in [-0.39, 0.29) is 5.92 Å². The van der Waals surface area contributed by atoms with Gasteiger partial charge in [-0.2, -0.15) is 9.78 Å². The molecule has 0 atom stereocenters. The van der Waals surface area contributed by atoms with Crippen molar-refractivity contribution in [2.45, 2.75) is 37.3 Å². The highest BCUT2D eigenvalue weighted by atomic mass is 79.9. The van der Waals surface area contributed by atoms with Crippen LogP contribution in [0.3, 0.4) is 0 Å². The van der Waals surface area contributed by atoms with Gasteiger partial charge in [-0.15, -0.1) is 10.2 Å². The van der Waals surface area contributed by atoms with E-state index in [0.717, 1.165) is 38.1 Å². The lowest BCUT2D eigenvalue weighted by molar-refractivity contribution is 0.306.